The van der Waals surface area contributed by atoms with Crippen molar-refractivity contribution in [1.29, 1.82) is 0 Å². The van der Waals surface area contributed by atoms with Crippen LogP contribution in [-0.2, 0) is 28.5 Å². The number of carbonyl (C=O) groups is 6. The molecule has 0 N–H and O–H groups in total. The molecule has 3 aromatic carbocycles. The summed E-state index contributed by atoms with van der Waals surface area (Å²) < 4.78 is 40.7. The van der Waals surface area contributed by atoms with E-state index in [-0.39, 0.29) is 60.6 Å². The molecule has 0 atom stereocenters. The Labute approximate surface area is 308 Å². The average Bonchev–Trinajstić information content (AvgIpc) is 3.16. The highest BCUT2D eigenvalue weighted by atomic mass is 16.7. The van der Waals surface area contributed by atoms with Crippen molar-refractivity contribution in [3.8, 4) is 23.0 Å². The predicted molar refractivity (Wildman–Crippen MR) is 190 cm³/mol. The molecule has 0 aliphatic rings. The molecule has 0 aliphatic heterocycles. The normalized spacial score (nSPS) is 9.83. The van der Waals surface area contributed by atoms with Gasteiger partial charge >= 0.3 is 36.2 Å². The van der Waals surface area contributed by atoms with E-state index in [0.717, 1.165) is 12.2 Å². The molecule has 3 aromatic rings. The lowest BCUT2D eigenvalue weighted by atomic mass is 9.81. The second kappa shape index (κ2) is 24.0. The van der Waals surface area contributed by atoms with Crippen molar-refractivity contribution in [3.05, 3.63) is 109 Å². The van der Waals surface area contributed by atoms with Gasteiger partial charge in [0, 0.05) is 27.6 Å². The minimum absolute atomic E-state index is 0.0665. The molecule has 0 fully saturated rings. The maximum Gasteiger partial charge on any atom is 0.513 e. The number of unbranched alkanes of at least 4 members (excludes halogenated alkanes) is 2. The Morgan fingerprint density at radius 3 is 1.30 bits per heavy atom. The van der Waals surface area contributed by atoms with Crippen molar-refractivity contribution < 1.29 is 66.7 Å². The van der Waals surface area contributed by atoms with E-state index >= 15 is 0 Å². The number of ether oxygens (including phenoxy) is 8. The molecule has 3 rings (SSSR count). The Kier molecular flexibility index (Phi) is 19.4. The van der Waals surface area contributed by atoms with Crippen LogP contribution in [0.5, 0.6) is 23.0 Å². The second-order valence-electron chi connectivity index (χ2n) is 10.3. The van der Waals surface area contributed by atoms with Gasteiger partial charge in [0.05, 0.1) is 37.6 Å². The molecular weight excluding hydrogens is 690 g/mol. The topological polar surface area (TPSA) is 176 Å². The quantitative estimate of drug-likeness (QED) is 0.0296. The average molecular weight is 726 g/mol. The van der Waals surface area contributed by atoms with Gasteiger partial charge in [-0.25, -0.2) is 28.8 Å². The van der Waals surface area contributed by atoms with Gasteiger partial charge in [-0.3, -0.25) is 0 Å². The van der Waals surface area contributed by atoms with E-state index in [4.69, 9.17) is 37.9 Å². The largest absolute Gasteiger partial charge is 0.513 e. The molecule has 16 heteroatoms. The smallest absolute Gasteiger partial charge is 0.463 e. The molecule has 0 unspecified atom stereocenters. The van der Waals surface area contributed by atoms with E-state index in [1.54, 1.807) is 6.92 Å². The van der Waals surface area contributed by atoms with Crippen molar-refractivity contribution in [2.75, 3.05) is 26.4 Å². The zero-order chi connectivity index (χ0) is 39.0. The minimum Gasteiger partial charge on any atom is -0.463 e. The summed E-state index contributed by atoms with van der Waals surface area (Å²) in [6.07, 6.45) is 2.18. The monoisotopic (exact) mass is 726 g/mol. The van der Waals surface area contributed by atoms with E-state index in [9.17, 15) is 28.8 Å². The lowest BCUT2D eigenvalue weighted by molar-refractivity contribution is -0.138. The first-order valence-corrected chi connectivity index (χ1v) is 15.9. The van der Waals surface area contributed by atoms with Crippen molar-refractivity contribution >= 4 is 51.7 Å². The van der Waals surface area contributed by atoms with Gasteiger partial charge in [0.2, 0.25) is 0 Å². The van der Waals surface area contributed by atoms with E-state index in [1.807, 2.05) is 0 Å². The molecule has 0 aromatic heterocycles. The molecule has 274 valence electrons. The fourth-order valence-electron chi connectivity index (χ4n) is 3.88. The van der Waals surface area contributed by atoms with Gasteiger partial charge in [-0.1, -0.05) is 13.2 Å². The highest BCUT2D eigenvalue weighted by molar-refractivity contribution is 6.75. The minimum atomic E-state index is -0.927. The van der Waals surface area contributed by atoms with Crippen LogP contribution in [0.3, 0.4) is 0 Å². The highest BCUT2D eigenvalue weighted by Gasteiger charge is 2.15. The Balaban J connectivity index is 0.00000477. The fraction of sp³-hybridized carbons (Fsp3) is 0.243. The van der Waals surface area contributed by atoms with Crippen LogP contribution in [0, 0.1) is 6.92 Å². The molecule has 4 radical (unpaired) electrons. The van der Waals surface area contributed by atoms with Gasteiger partial charge in [0.25, 0.3) is 0 Å². The Morgan fingerprint density at radius 2 is 0.906 bits per heavy atom. The highest BCUT2D eigenvalue weighted by Crippen LogP contribution is 2.26. The van der Waals surface area contributed by atoms with Gasteiger partial charge in [0.1, 0.15) is 23.0 Å². The van der Waals surface area contributed by atoms with Crippen LogP contribution < -0.4 is 18.9 Å². The molecule has 53 heavy (non-hydrogen) atoms. The van der Waals surface area contributed by atoms with Gasteiger partial charge < -0.3 is 37.9 Å². The van der Waals surface area contributed by atoms with Gasteiger partial charge in [-0.15, -0.1) is 0 Å². The third-order valence-electron chi connectivity index (χ3n) is 6.48. The van der Waals surface area contributed by atoms with E-state index < -0.39 is 36.2 Å². The molecule has 0 saturated heterocycles. The van der Waals surface area contributed by atoms with Crippen molar-refractivity contribution in [2.45, 2.75) is 32.6 Å². The Bertz CT molecular complexity index is 1710. The second-order valence-corrected chi connectivity index (χ2v) is 10.3. The molecule has 0 bridgehead atoms. The van der Waals surface area contributed by atoms with E-state index in [0.29, 0.717) is 31.2 Å². The third-order valence-corrected chi connectivity index (χ3v) is 6.48. The van der Waals surface area contributed by atoms with Gasteiger partial charge in [-0.05, 0) is 105 Å². The summed E-state index contributed by atoms with van der Waals surface area (Å²) in [5.41, 5.74) is 0.877. The SMILES string of the molecule is C=CC(=O)OCCCCOC(=O)Oc1ccc(C(=O)Oc2ccc(OC(=O)c3ccc(OC(=O)OCCCCOC(=O)C=C)cc3)c(C)c2)cc1.[B][B]. The number of carbonyl (C=O) groups excluding carboxylic acids is 6. The molecule has 0 aliphatic carbocycles. The summed E-state index contributed by atoms with van der Waals surface area (Å²) in [5.74, 6) is -1.67. The van der Waals surface area contributed by atoms with Crippen LogP contribution in [0.1, 0.15) is 52.0 Å². The summed E-state index contributed by atoms with van der Waals surface area (Å²) in [7, 11) is 8.00. The fourth-order valence-corrected chi connectivity index (χ4v) is 3.88. The first-order chi connectivity index (χ1) is 25.6. The summed E-state index contributed by atoms with van der Waals surface area (Å²) in [5, 5.41) is 0. The molecular formula is C37H36B2O14. The van der Waals surface area contributed by atoms with Crippen LogP contribution in [0.2, 0.25) is 0 Å². The zero-order valence-corrected chi connectivity index (χ0v) is 28.9. The maximum absolute atomic E-state index is 12.7. The maximum atomic E-state index is 12.7. The summed E-state index contributed by atoms with van der Waals surface area (Å²) in [4.78, 5) is 71.1. The standard InChI is InChI=1S/C37H36O14.B2/c1-4-32(38)44-20-6-8-22-46-36(42)49-28-14-10-26(11-15-28)34(40)48-30-18-19-31(25(3)24-30)51-35(41)27-12-16-29(17-13-27)50-37(43)47-23-9-7-21-45-33(39)5-2;1-2/h4-5,10-19,24H,1-2,6-9,20-23H2,3H3;. The summed E-state index contributed by atoms with van der Waals surface area (Å²) in [6, 6.07) is 15.7. The zero-order valence-electron chi connectivity index (χ0n) is 28.9. The number of rotatable bonds is 18. The summed E-state index contributed by atoms with van der Waals surface area (Å²) in [6.45, 7) is 8.74. The molecule has 0 heterocycles. The molecule has 0 saturated carbocycles. The van der Waals surface area contributed by atoms with Crippen molar-refractivity contribution in [1.82, 2.24) is 0 Å². The Morgan fingerprint density at radius 1 is 0.528 bits per heavy atom. The van der Waals surface area contributed by atoms with Crippen LogP contribution in [-0.4, -0.2) is 78.1 Å². The third kappa shape index (κ3) is 16.5. The van der Waals surface area contributed by atoms with Gasteiger partial charge in [0.15, 0.2) is 0 Å². The predicted octanol–water partition coefficient (Wildman–Crippen LogP) is 5.72. The van der Waals surface area contributed by atoms with Gasteiger partial charge in [-0.2, -0.15) is 0 Å². The first kappa shape index (κ1) is 42.9. The van der Waals surface area contributed by atoms with E-state index in [1.165, 1.54) is 66.7 Å². The first-order valence-electron chi connectivity index (χ1n) is 15.9. The van der Waals surface area contributed by atoms with Crippen molar-refractivity contribution in [2.24, 2.45) is 0 Å². The number of benzene rings is 3. The molecule has 14 nitrogen and oxygen atoms in total. The van der Waals surface area contributed by atoms with Crippen LogP contribution >= 0.6 is 0 Å². The number of aryl methyl sites for hydroxylation is 1. The number of esters is 4. The molecule has 0 spiro atoms. The number of hydrogen-bond acceptors (Lipinski definition) is 14. The van der Waals surface area contributed by atoms with Crippen LogP contribution in [0.15, 0.2) is 92.0 Å². The lowest BCUT2D eigenvalue weighted by Crippen LogP contribution is -2.13. The molecule has 0 amide bonds. The van der Waals surface area contributed by atoms with E-state index in [2.05, 4.69) is 28.6 Å². The Hall–Kier alpha value is -6.31. The van der Waals surface area contributed by atoms with Crippen LogP contribution in [0.4, 0.5) is 9.59 Å². The number of hydrogen-bond donors (Lipinski definition) is 0. The van der Waals surface area contributed by atoms with Crippen LogP contribution in [0.25, 0.3) is 0 Å². The van der Waals surface area contributed by atoms with Crippen molar-refractivity contribution in [3.63, 3.8) is 0 Å². The summed E-state index contributed by atoms with van der Waals surface area (Å²) >= 11 is 0. The lowest BCUT2D eigenvalue weighted by Gasteiger charge is -2.11.